The van der Waals surface area contributed by atoms with Crippen molar-refractivity contribution in [2.75, 3.05) is 0 Å². The maximum atomic E-state index is 10.9. The van der Waals surface area contributed by atoms with E-state index < -0.39 is 12.1 Å². The summed E-state index contributed by atoms with van der Waals surface area (Å²) in [7, 11) is 0. The number of carboxylic acid groups (broad SMARTS) is 1. The van der Waals surface area contributed by atoms with Crippen molar-refractivity contribution in [1.29, 1.82) is 0 Å². The zero-order chi connectivity index (χ0) is 13.2. The molecule has 0 bridgehead atoms. The highest BCUT2D eigenvalue weighted by Gasteiger charge is 2.15. The van der Waals surface area contributed by atoms with Crippen molar-refractivity contribution in [3.63, 3.8) is 0 Å². The molecule has 0 saturated carbocycles. The van der Waals surface area contributed by atoms with Gasteiger partial charge < -0.3 is 14.9 Å². The molecule has 0 spiro atoms. The molecule has 2 atom stereocenters. The smallest absolute Gasteiger partial charge is 0.335 e. The standard InChI is InChI=1S/C13H18O4/c1-7-5-11(13(15)16)6-8(2)12(7)17-10(4)9(3)14/h5-6,9-10,14H,1-4H3,(H,15,16). The monoisotopic (exact) mass is 238 g/mol. The van der Waals surface area contributed by atoms with Gasteiger partial charge in [0.05, 0.1) is 11.7 Å². The number of aryl methyl sites for hydroxylation is 2. The van der Waals surface area contributed by atoms with Gasteiger partial charge in [-0.15, -0.1) is 0 Å². The second kappa shape index (κ2) is 5.19. The first kappa shape index (κ1) is 13.5. The van der Waals surface area contributed by atoms with Gasteiger partial charge in [-0.2, -0.15) is 0 Å². The summed E-state index contributed by atoms with van der Waals surface area (Å²) in [4.78, 5) is 10.9. The van der Waals surface area contributed by atoms with E-state index in [9.17, 15) is 9.90 Å². The molecule has 0 aliphatic carbocycles. The fourth-order valence-corrected chi connectivity index (χ4v) is 1.54. The molecule has 0 aliphatic heterocycles. The van der Waals surface area contributed by atoms with Crippen LogP contribution >= 0.6 is 0 Å². The number of hydrogen-bond donors (Lipinski definition) is 2. The third kappa shape index (κ3) is 3.20. The van der Waals surface area contributed by atoms with E-state index in [0.29, 0.717) is 5.75 Å². The minimum atomic E-state index is -0.952. The highest BCUT2D eigenvalue weighted by atomic mass is 16.5. The summed E-state index contributed by atoms with van der Waals surface area (Å²) in [6.07, 6.45) is -0.906. The van der Waals surface area contributed by atoms with Gasteiger partial charge in [0.25, 0.3) is 0 Å². The maximum Gasteiger partial charge on any atom is 0.335 e. The normalized spacial score (nSPS) is 14.2. The van der Waals surface area contributed by atoms with Crippen molar-refractivity contribution in [2.45, 2.75) is 39.9 Å². The fourth-order valence-electron chi connectivity index (χ4n) is 1.54. The van der Waals surface area contributed by atoms with E-state index in [2.05, 4.69) is 0 Å². The molecular weight excluding hydrogens is 220 g/mol. The maximum absolute atomic E-state index is 10.9. The molecule has 0 radical (unpaired) electrons. The lowest BCUT2D eigenvalue weighted by Crippen LogP contribution is -2.26. The molecule has 17 heavy (non-hydrogen) atoms. The van der Waals surface area contributed by atoms with Crippen molar-refractivity contribution in [1.82, 2.24) is 0 Å². The van der Waals surface area contributed by atoms with Crippen LogP contribution in [0.5, 0.6) is 5.75 Å². The fraction of sp³-hybridized carbons (Fsp3) is 0.462. The molecule has 4 nitrogen and oxygen atoms in total. The molecular formula is C13H18O4. The number of carboxylic acids is 1. The average molecular weight is 238 g/mol. The van der Waals surface area contributed by atoms with Gasteiger partial charge in [0.1, 0.15) is 11.9 Å². The summed E-state index contributed by atoms with van der Waals surface area (Å²) in [5.74, 6) is -0.310. The summed E-state index contributed by atoms with van der Waals surface area (Å²) in [5.41, 5.74) is 1.77. The second-order valence-corrected chi connectivity index (χ2v) is 4.31. The van der Waals surface area contributed by atoms with Gasteiger partial charge in [0, 0.05) is 0 Å². The summed E-state index contributed by atoms with van der Waals surface area (Å²) >= 11 is 0. The predicted octanol–water partition coefficient (Wildman–Crippen LogP) is 2.15. The van der Waals surface area contributed by atoms with E-state index in [0.717, 1.165) is 11.1 Å². The topological polar surface area (TPSA) is 66.8 Å². The SMILES string of the molecule is Cc1cc(C(=O)O)cc(C)c1OC(C)C(C)O. The molecule has 0 aliphatic rings. The van der Waals surface area contributed by atoms with Crippen molar-refractivity contribution < 1.29 is 19.7 Å². The highest BCUT2D eigenvalue weighted by molar-refractivity contribution is 5.88. The van der Waals surface area contributed by atoms with Crippen LogP contribution in [0.3, 0.4) is 0 Å². The Bertz CT molecular complexity index is 400. The van der Waals surface area contributed by atoms with Gasteiger partial charge in [-0.25, -0.2) is 4.79 Å². The van der Waals surface area contributed by atoms with Crippen LogP contribution in [0.15, 0.2) is 12.1 Å². The first-order chi connectivity index (χ1) is 7.82. The van der Waals surface area contributed by atoms with Crippen LogP contribution < -0.4 is 4.74 Å². The van der Waals surface area contributed by atoms with E-state index in [1.165, 1.54) is 0 Å². The van der Waals surface area contributed by atoms with Crippen LogP contribution in [0.1, 0.15) is 35.3 Å². The van der Waals surface area contributed by atoms with E-state index in [1.807, 2.05) is 0 Å². The number of hydrogen-bond acceptors (Lipinski definition) is 3. The summed E-state index contributed by atoms with van der Waals surface area (Å²) in [6, 6.07) is 3.14. The quantitative estimate of drug-likeness (QED) is 0.843. The van der Waals surface area contributed by atoms with Crippen LogP contribution in [0.25, 0.3) is 0 Å². The lowest BCUT2D eigenvalue weighted by Gasteiger charge is -2.20. The number of rotatable bonds is 4. The Morgan fingerprint density at radius 1 is 1.24 bits per heavy atom. The third-order valence-electron chi connectivity index (χ3n) is 2.69. The van der Waals surface area contributed by atoms with Crippen LogP contribution in [0.4, 0.5) is 0 Å². The first-order valence-electron chi connectivity index (χ1n) is 5.52. The number of ether oxygens (including phenoxy) is 1. The van der Waals surface area contributed by atoms with Gasteiger partial charge >= 0.3 is 5.97 Å². The Balaban J connectivity index is 3.06. The molecule has 1 aromatic carbocycles. The Labute approximate surface area is 101 Å². The molecule has 94 valence electrons. The van der Waals surface area contributed by atoms with Crippen LogP contribution in [-0.2, 0) is 0 Å². The van der Waals surface area contributed by atoms with E-state index in [1.54, 1.807) is 39.8 Å². The van der Waals surface area contributed by atoms with Crippen LogP contribution in [0, 0.1) is 13.8 Å². The van der Waals surface area contributed by atoms with Crippen molar-refractivity contribution in [3.8, 4) is 5.75 Å². The third-order valence-corrected chi connectivity index (χ3v) is 2.69. The molecule has 1 rings (SSSR count). The van der Waals surface area contributed by atoms with Crippen molar-refractivity contribution >= 4 is 5.97 Å². The molecule has 4 heteroatoms. The van der Waals surface area contributed by atoms with Gasteiger partial charge in [0.2, 0.25) is 0 Å². The number of carbonyl (C=O) groups is 1. The lowest BCUT2D eigenvalue weighted by atomic mass is 10.1. The molecule has 0 fully saturated rings. The molecule has 2 N–H and O–H groups in total. The molecule has 0 saturated heterocycles. The minimum absolute atomic E-state index is 0.247. The van der Waals surface area contributed by atoms with Crippen molar-refractivity contribution in [2.24, 2.45) is 0 Å². The van der Waals surface area contributed by atoms with Gasteiger partial charge in [0.15, 0.2) is 0 Å². The average Bonchev–Trinajstić information content (AvgIpc) is 2.22. The Morgan fingerprint density at radius 3 is 2.06 bits per heavy atom. The Morgan fingerprint density at radius 2 is 1.71 bits per heavy atom. The number of aliphatic hydroxyl groups excluding tert-OH is 1. The molecule has 2 unspecified atom stereocenters. The summed E-state index contributed by atoms with van der Waals surface area (Å²) < 4.78 is 5.63. The van der Waals surface area contributed by atoms with Gasteiger partial charge in [-0.1, -0.05) is 0 Å². The first-order valence-corrected chi connectivity index (χ1v) is 5.52. The molecule has 1 aromatic rings. The molecule has 0 amide bonds. The zero-order valence-electron chi connectivity index (χ0n) is 10.5. The Kier molecular flexibility index (Phi) is 4.12. The second-order valence-electron chi connectivity index (χ2n) is 4.31. The van der Waals surface area contributed by atoms with Gasteiger partial charge in [-0.3, -0.25) is 0 Å². The lowest BCUT2D eigenvalue weighted by molar-refractivity contribution is 0.0594. The van der Waals surface area contributed by atoms with Crippen molar-refractivity contribution in [3.05, 3.63) is 28.8 Å². The summed E-state index contributed by atoms with van der Waals surface area (Å²) in [5, 5.41) is 18.3. The van der Waals surface area contributed by atoms with Gasteiger partial charge in [-0.05, 0) is 51.0 Å². The van der Waals surface area contributed by atoms with Crippen LogP contribution in [-0.4, -0.2) is 28.4 Å². The van der Waals surface area contributed by atoms with E-state index >= 15 is 0 Å². The van der Waals surface area contributed by atoms with Crippen LogP contribution in [0.2, 0.25) is 0 Å². The number of aromatic carboxylic acids is 1. The number of aliphatic hydroxyl groups is 1. The zero-order valence-corrected chi connectivity index (χ0v) is 10.5. The van der Waals surface area contributed by atoms with E-state index in [4.69, 9.17) is 9.84 Å². The Hall–Kier alpha value is -1.55. The summed E-state index contributed by atoms with van der Waals surface area (Å²) in [6.45, 7) is 7.02. The predicted molar refractivity (Wildman–Crippen MR) is 64.6 cm³/mol. The van der Waals surface area contributed by atoms with E-state index in [-0.39, 0.29) is 11.7 Å². The largest absolute Gasteiger partial charge is 0.487 e. The molecule has 0 aromatic heterocycles. The minimum Gasteiger partial charge on any atom is -0.487 e. The molecule has 0 heterocycles. The highest BCUT2D eigenvalue weighted by Crippen LogP contribution is 2.26. The number of benzene rings is 1.